The van der Waals surface area contributed by atoms with Gasteiger partial charge in [-0.05, 0) is 130 Å². The van der Waals surface area contributed by atoms with Crippen molar-refractivity contribution in [2.45, 2.75) is 176 Å². The minimum Gasteiger partial charge on any atom is -0.444 e. The molecule has 0 spiro atoms. The predicted octanol–water partition coefficient (Wildman–Crippen LogP) is 5.34. The number of morpholine rings is 3. The number of anilines is 3. The molecule has 117 heavy (non-hydrogen) atoms. The lowest BCUT2D eigenvalue weighted by atomic mass is 10.0. The van der Waals surface area contributed by atoms with Crippen LogP contribution in [0.3, 0.4) is 0 Å². The van der Waals surface area contributed by atoms with Crippen molar-refractivity contribution >= 4 is 131 Å². The number of halogens is 2. The van der Waals surface area contributed by atoms with Gasteiger partial charge in [-0.3, -0.25) is 98.0 Å². The number of imide groups is 6. The highest BCUT2D eigenvalue weighted by Gasteiger charge is 2.49. The van der Waals surface area contributed by atoms with Gasteiger partial charge in [-0.25, -0.2) is 9.59 Å². The molecule has 0 saturated carbocycles. The maximum absolute atomic E-state index is 13.3. The molecule has 3 unspecified atom stereocenters. The number of piperidine rings is 3. The SMILES string of the molecule is C.C.CN(CCC=O)C(=O)OC(C)(C)C.CN(CCCN1CCO[C@@H](CNc2cccc3c2C(=O)N(C2CCC(=O)NC2=O)C3=O)C1)C(=O)OC(C)(C)C.CNCCCN1CCO[C@@H](CNc2cccc3c2C(=O)N(C2CCC(=O)NC2=O)C3=O)C1.Cl.Cl.O=C1CCC(N2C(=O)c3cccc(NC[C@H]4CNCCO4)c3C2=O)C(=O)N1.[2H]CC. The number of carbonyl (C=O) groups excluding carboxylic acids is 15. The van der Waals surface area contributed by atoms with Crippen molar-refractivity contribution in [1.82, 2.24) is 60.9 Å². The van der Waals surface area contributed by atoms with E-state index in [1.54, 1.807) is 101 Å². The Bertz CT molecular complexity index is 4050. The highest BCUT2D eigenvalue weighted by Crippen LogP contribution is 2.36. The van der Waals surface area contributed by atoms with Crippen molar-refractivity contribution in [2.75, 3.05) is 149 Å². The summed E-state index contributed by atoms with van der Waals surface area (Å²) in [5.41, 5.74) is 2.09. The summed E-state index contributed by atoms with van der Waals surface area (Å²) in [6.07, 6.45) is 2.68. The number of ether oxygens (including phenoxy) is 5. The van der Waals surface area contributed by atoms with E-state index in [9.17, 15) is 71.9 Å². The van der Waals surface area contributed by atoms with Crippen LogP contribution >= 0.6 is 24.8 Å². The van der Waals surface area contributed by atoms with E-state index in [1.807, 2.05) is 27.8 Å². The lowest BCUT2D eigenvalue weighted by molar-refractivity contribution is -0.137. The van der Waals surface area contributed by atoms with Gasteiger partial charge in [0, 0.05) is 137 Å². The topological polar surface area (TPSA) is 421 Å². The van der Waals surface area contributed by atoms with Crippen LogP contribution in [0, 0.1) is 0 Å². The Labute approximate surface area is 698 Å². The predicted molar refractivity (Wildman–Crippen MR) is 441 cm³/mol. The van der Waals surface area contributed by atoms with E-state index in [2.05, 4.69) is 52.3 Å². The maximum Gasteiger partial charge on any atom is 0.410 e. The first-order valence-electron chi connectivity index (χ1n) is 39.0. The van der Waals surface area contributed by atoms with Crippen molar-refractivity contribution in [3.63, 3.8) is 0 Å². The minimum absolute atomic E-state index is 0. The van der Waals surface area contributed by atoms with E-state index < -0.39 is 106 Å². The van der Waals surface area contributed by atoms with E-state index in [0.717, 1.165) is 79.6 Å². The van der Waals surface area contributed by atoms with Gasteiger partial charge < -0.3 is 64.9 Å². The minimum atomic E-state index is -1.01. The first-order chi connectivity index (χ1) is 54.3. The Balaban J connectivity index is 0.000000339. The Morgan fingerprint density at radius 2 is 0.889 bits per heavy atom. The van der Waals surface area contributed by atoms with Crippen LogP contribution in [0.2, 0.25) is 0 Å². The Hall–Kier alpha value is -9.59. The van der Waals surface area contributed by atoms with Crippen molar-refractivity contribution < 1.29 is 97.0 Å². The molecule has 3 aromatic rings. The van der Waals surface area contributed by atoms with Gasteiger partial charge in [-0.1, -0.05) is 46.9 Å². The van der Waals surface area contributed by atoms with E-state index in [0.29, 0.717) is 96.0 Å². The molecule has 9 aliphatic heterocycles. The third-order valence-electron chi connectivity index (χ3n) is 19.3. The summed E-state index contributed by atoms with van der Waals surface area (Å²) in [5.74, 6) is -6.19. The maximum atomic E-state index is 13.3. The molecule has 35 nitrogen and oxygen atoms in total. The van der Waals surface area contributed by atoms with Gasteiger partial charge in [0.05, 0.1) is 71.5 Å². The number of hydrogen-bond acceptors (Lipinski definition) is 27. The van der Waals surface area contributed by atoms with Crippen LogP contribution in [0.4, 0.5) is 26.7 Å². The molecule has 0 aliphatic carbocycles. The van der Waals surface area contributed by atoms with Crippen LogP contribution in [-0.4, -0.2) is 304 Å². The number of hydrogen-bond donors (Lipinski definition) is 8. The molecule has 9 aliphatic rings. The van der Waals surface area contributed by atoms with E-state index in [4.69, 9.17) is 25.1 Å². The van der Waals surface area contributed by atoms with Crippen LogP contribution in [0.15, 0.2) is 54.6 Å². The van der Waals surface area contributed by atoms with Crippen LogP contribution in [0.5, 0.6) is 0 Å². The van der Waals surface area contributed by atoms with Crippen LogP contribution in [0.25, 0.3) is 0 Å². The van der Waals surface area contributed by atoms with Gasteiger partial charge in [0.2, 0.25) is 35.4 Å². The summed E-state index contributed by atoms with van der Waals surface area (Å²) < 4.78 is 34.1. The molecule has 6 atom stereocenters. The molecule has 0 aromatic heterocycles. The summed E-state index contributed by atoms with van der Waals surface area (Å²) >= 11 is 0. The first kappa shape index (κ1) is 98.0. The van der Waals surface area contributed by atoms with Crippen molar-refractivity contribution in [3.05, 3.63) is 88.0 Å². The molecule has 0 bridgehead atoms. The van der Waals surface area contributed by atoms with E-state index >= 15 is 0 Å². The fraction of sp³-hybridized carbons (Fsp3) is 0.588. The van der Waals surface area contributed by atoms with E-state index in [1.165, 1.54) is 4.90 Å². The number of fused-ring (bicyclic) bond motifs is 3. The quantitative estimate of drug-likeness (QED) is 0.0337. The van der Waals surface area contributed by atoms with Gasteiger partial charge in [0.1, 0.15) is 35.6 Å². The van der Waals surface area contributed by atoms with Crippen molar-refractivity contribution in [1.29, 1.82) is 0 Å². The summed E-state index contributed by atoms with van der Waals surface area (Å²) in [7, 11) is 5.28. The molecular formula is C80H119Cl2N15O20. The van der Waals surface area contributed by atoms with Crippen molar-refractivity contribution in [2.24, 2.45) is 0 Å². The van der Waals surface area contributed by atoms with Gasteiger partial charge in [-0.2, -0.15) is 0 Å². The zero-order chi connectivity index (χ0) is 83.1. The zero-order valence-electron chi connectivity index (χ0n) is 67.9. The molecule has 8 N–H and O–H groups in total. The largest absolute Gasteiger partial charge is 0.444 e. The monoisotopic (exact) mass is 1680 g/mol. The number of rotatable bonds is 23. The molecular weight excluding hydrogens is 1560 g/mol. The van der Waals surface area contributed by atoms with E-state index in [-0.39, 0.29) is 136 Å². The molecule has 648 valence electrons. The second-order valence-corrected chi connectivity index (χ2v) is 30.0. The Morgan fingerprint density at radius 3 is 1.22 bits per heavy atom. The fourth-order valence-electron chi connectivity index (χ4n) is 13.7. The highest BCUT2D eigenvalue weighted by atomic mass is 35.5. The number of amides is 14. The average molecular weight is 1680 g/mol. The smallest absolute Gasteiger partial charge is 0.410 e. The summed E-state index contributed by atoms with van der Waals surface area (Å²) in [5, 5.41) is 22.7. The number of nitrogens with one attached hydrogen (secondary N) is 8. The molecule has 6 fully saturated rings. The van der Waals surface area contributed by atoms with Crippen LogP contribution in [0.1, 0.15) is 192 Å². The molecule has 12 rings (SSSR count). The molecule has 37 heteroatoms. The average Bonchev–Trinajstić information content (AvgIpc) is 1.62. The van der Waals surface area contributed by atoms with Gasteiger partial charge in [-0.15, -0.1) is 24.8 Å². The summed E-state index contributed by atoms with van der Waals surface area (Å²) in [6, 6.07) is 12.1. The first-order valence-corrected chi connectivity index (χ1v) is 38.3. The standard InChI is InChI=1S/C27H37N5O7.C22H29N5O5.C18H20N4O5.C9H17NO3.C2H6.2CH4.2ClH/c1-27(2,3)39-26(37)30(4)11-6-12-31-13-14-38-17(16-31)15-28-19-8-5-7-18-22(19)25(36)32(24(18)35)20-9-10-21(33)29-23(20)34;1-23-8-3-9-26-10-11-32-14(13-26)12-24-16-5-2-4-15-19(16)22(31)27(21(15)30)17-6-7-18(28)25-20(17)29;23-14-5-4-13(16(24)21-14)22-17(25)11-2-1-3-12(15(11)18(22)26)20-9-10-8-19-6-7-27-10;1-9(2,3)13-8(12)10(4)6-5-7-11;1-2;;;;/h5,7-8,17,20,28H,6,9-16H2,1-4H3,(H,29,33,34);2,4-5,14,17,23-24H,3,6-13H2,1H3,(H,25,28,29);1-3,10,13,19-20H,4-9H2,(H,21,23,24);7H,5-6H2,1-4H3;1-2H3;2*1H4;2*1H/t17-,20?;14-,17?;10-,13?;;;;;;/m001....../s1/i;;;;1D;;;;. The number of benzene rings is 3. The lowest BCUT2D eigenvalue weighted by Crippen LogP contribution is -2.54. The van der Waals surface area contributed by atoms with Crippen LogP contribution in [-0.2, 0) is 57.2 Å². The second-order valence-electron chi connectivity index (χ2n) is 30.0. The van der Waals surface area contributed by atoms with Gasteiger partial charge >= 0.3 is 12.2 Å². The Morgan fingerprint density at radius 1 is 0.538 bits per heavy atom. The van der Waals surface area contributed by atoms with Gasteiger partial charge in [0.25, 0.3) is 35.4 Å². The molecule has 6 saturated heterocycles. The number of carbonyl (C=O) groups is 15. The normalized spacial score (nSPS) is 21.1. The molecule has 0 radical (unpaired) electrons. The fourth-order valence-corrected chi connectivity index (χ4v) is 13.7. The lowest BCUT2D eigenvalue weighted by Gasteiger charge is -2.33. The molecule has 3 aromatic carbocycles. The van der Waals surface area contributed by atoms with Crippen molar-refractivity contribution in [3.8, 4) is 0 Å². The third-order valence-corrected chi connectivity index (χ3v) is 19.3. The summed E-state index contributed by atoms with van der Waals surface area (Å²) in [6.45, 7) is 24.9. The molecule has 9 heterocycles. The second kappa shape index (κ2) is 46.5. The molecule has 14 amide bonds. The highest BCUT2D eigenvalue weighted by molar-refractivity contribution is 6.27. The summed E-state index contributed by atoms with van der Waals surface area (Å²) in [4.78, 5) is 193. The Kier molecular flexibility index (Phi) is 39.0. The zero-order valence-corrected chi connectivity index (χ0v) is 68.6. The van der Waals surface area contributed by atoms with Gasteiger partial charge in [0.15, 0.2) is 0 Å². The number of aldehydes is 1. The number of nitrogens with zero attached hydrogens (tertiary/aromatic N) is 7. The van der Waals surface area contributed by atoms with Crippen LogP contribution < -0.4 is 42.5 Å². The third kappa shape index (κ3) is 27.0.